The van der Waals surface area contributed by atoms with Gasteiger partial charge in [-0.25, -0.2) is 4.79 Å². The first-order chi connectivity index (χ1) is 13.1. The number of likely N-dealkylation sites (N-methyl/N-ethyl adjacent to an activating group) is 1. The van der Waals surface area contributed by atoms with E-state index >= 15 is 0 Å². The van der Waals surface area contributed by atoms with Crippen LogP contribution in [0.25, 0.3) is 0 Å². The molecule has 2 amide bonds. The molecule has 1 aliphatic carbocycles. The number of urea groups is 1. The molecule has 1 aliphatic heterocycles. The van der Waals surface area contributed by atoms with Crippen LogP contribution < -0.4 is 10.2 Å². The minimum absolute atomic E-state index is 0.00228. The molecule has 2 aliphatic rings. The molecule has 0 spiro atoms. The number of hydrogen-bond acceptors (Lipinski definition) is 4. The topological polar surface area (TPSA) is 61.4 Å². The maximum absolute atomic E-state index is 12.7. The summed E-state index contributed by atoms with van der Waals surface area (Å²) in [4.78, 5) is 16.8. The number of amides is 2. The molecule has 1 saturated heterocycles. The number of halogens is 1. The average molecular weight is 386 g/mol. The molecule has 142 valence electrons. The first-order valence-corrected chi connectivity index (χ1v) is 9.81. The second-order valence-electron chi connectivity index (χ2n) is 7.38. The minimum atomic E-state index is 0.00228. The van der Waals surface area contributed by atoms with Gasteiger partial charge in [0.2, 0.25) is 0 Å². The first kappa shape index (κ1) is 18.0. The van der Waals surface area contributed by atoms with Crippen LogP contribution in [-0.4, -0.2) is 53.3 Å². The van der Waals surface area contributed by atoms with E-state index in [0.717, 1.165) is 43.2 Å². The third-order valence-corrected chi connectivity index (χ3v) is 5.80. The zero-order valence-corrected chi connectivity index (χ0v) is 16.1. The molecule has 3 atom stereocenters. The Balaban J connectivity index is 1.32. The number of aromatic nitrogens is 2. The van der Waals surface area contributed by atoms with Gasteiger partial charge in [0, 0.05) is 43.3 Å². The number of hydrogen-bond donors (Lipinski definition) is 1. The van der Waals surface area contributed by atoms with Gasteiger partial charge in [0.05, 0.1) is 6.04 Å². The van der Waals surface area contributed by atoms with Crippen LogP contribution in [0.4, 0.5) is 10.6 Å². The van der Waals surface area contributed by atoms with Crippen LogP contribution in [0.5, 0.6) is 0 Å². The highest BCUT2D eigenvalue weighted by molar-refractivity contribution is 6.30. The SMILES string of the molecule is CN(C(=O)N[C@H]1C[C@@H]1c1ccc(Cl)cc1)[C@@H]1CCCN(c2cccnn2)C1. The molecule has 1 aromatic heterocycles. The highest BCUT2D eigenvalue weighted by atomic mass is 35.5. The van der Waals surface area contributed by atoms with E-state index in [1.807, 2.05) is 48.3 Å². The molecule has 7 heteroatoms. The predicted molar refractivity (Wildman–Crippen MR) is 106 cm³/mol. The summed E-state index contributed by atoms with van der Waals surface area (Å²) in [6.45, 7) is 1.74. The zero-order valence-electron chi connectivity index (χ0n) is 15.4. The number of carbonyl (C=O) groups is 1. The predicted octanol–water partition coefficient (Wildman–Crippen LogP) is 3.30. The quantitative estimate of drug-likeness (QED) is 0.877. The lowest BCUT2D eigenvalue weighted by molar-refractivity contribution is 0.182. The number of benzene rings is 1. The summed E-state index contributed by atoms with van der Waals surface area (Å²) in [5.41, 5.74) is 1.24. The molecule has 27 heavy (non-hydrogen) atoms. The van der Waals surface area contributed by atoms with Gasteiger partial charge >= 0.3 is 6.03 Å². The molecule has 2 aromatic rings. The number of anilines is 1. The van der Waals surface area contributed by atoms with Gasteiger partial charge in [-0.15, -0.1) is 5.10 Å². The van der Waals surface area contributed by atoms with Crippen molar-refractivity contribution in [2.75, 3.05) is 25.0 Å². The van der Waals surface area contributed by atoms with Crippen LogP contribution in [-0.2, 0) is 0 Å². The van der Waals surface area contributed by atoms with Gasteiger partial charge < -0.3 is 15.1 Å². The van der Waals surface area contributed by atoms with Crippen LogP contribution in [0.3, 0.4) is 0 Å². The van der Waals surface area contributed by atoms with E-state index < -0.39 is 0 Å². The van der Waals surface area contributed by atoms with Crippen LogP contribution in [0, 0.1) is 0 Å². The zero-order chi connectivity index (χ0) is 18.8. The number of rotatable bonds is 4. The molecule has 6 nitrogen and oxygen atoms in total. The van der Waals surface area contributed by atoms with Crippen molar-refractivity contribution in [2.24, 2.45) is 0 Å². The molecule has 1 saturated carbocycles. The van der Waals surface area contributed by atoms with E-state index in [-0.39, 0.29) is 18.1 Å². The second-order valence-corrected chi connectivity index (χ2v) is 7.82. The van der Waals surface area contributed by atoms with E-state index in [0.29, 0.717) is 5.92 Å². The van der Waals surface area contributed by atoms with Crippen LogP contribution in [0.15, 0.2) is 42.6 Å². The van der Waals surface area contributed by atoms with Crippen molar-refractivity contribution >= 4 is 23.4 Å². The molecule has 4 rings (SSSR count). The van der Waals surface area contributed by atoms with Gasteiger partial charge in [0.25, 0.3) is 0 Å². The van der Waals surface area contributed by atoms with Crippen LogP contribution in [0.2, 0.25) is 5.02 Å². The lowest BCUT2D eigenvalue weighted by Crippen LogP contribution is -2.52. The number of piperidine rings is 1. The summed E-state index contributed by atoms with van der Waals surface area (Å²) >= 11 is 5.95. The molecule has 1 N–H and O–H groups in total. The van der Waals surface area contributed by atoms with Gasteiger partial charge in [0.15, 0.2) is 5.82 Å². The molecular formula is C20H24ClN5O. The van der Waals surface area contributed by atoms with Crippen molar-refractivity contribution in [3.05, 3.63) is 53.2 Å². The third kappa shape index (κ3) is 4.16. The molecule has 0 bridgehead atoms. The lowest BCUT2D eigenvalue weighted by Gasteiger charge is -2.38. The Hall–Kier alpha value is -2.34. The molecular weight excluding hydrogens is 362 g/mol. The Kier molecular flexibility index (Phi) is 5.16. The Labute approximate surface area is 164 Å². The van der Waals surface area contributed by atoms with Crippen LogP contribution >= 0.6 is 11.6 Å². The van der Waals surface area contributed by atoms with Crippen molar-refractivity contribution in [2.45, 2.75) is 37.3 Å². The van der Waals surface area contributed by atoms with Crippen molar-refractivity contribution in [3.63, 3.8) is 0 Å². The maximum atomic E-state index is 12.7. The Morgan fingerprint density at radius 1 is 1.30 bits per heavy atom. The first-order valence-electron chi connectivity index (χ1n) is 9.43. The van der Waals surface area contributed by atoms with E-state index in [4.69, 9.17) is 11.6 Å². The summed E-state index contributed by atoms with van der Waals surface area (Å²) in [6.07, 6.45) is 4.70. The van der Waals surface area contributed by atoms with Gasteiger partial charge in [-0.2, -0.15) is 5.10 Å². The van der Waals surface area contributed by atoms with E-state index in [9.17, 15) is 4.79 Å². The second kappa shape index (κ2) is 7.72. The fourth-order valence-electron chi connectivity index (χ4n) is 3.80. The van der Waals surface area contributed by atoms with Crippen LogP contribution in [0.1, 0.15) is 30.7 Å². The van der Waals surface area contributed by atoms with Gasteiger partial charge in [-0.3, -0.25) is 0 Å². The number of carbonyl (C=O) groups excluding carboxylic acids is 1. The van der Waals surface area contributed by atoms with E-state index in [1.54, 1.807) is 6.20 Å². The highest BCUT2D eigenvalue weighted by Crippen LogP contribution is 2.41. The van der Waals surface area contributed by atoms with Crippen molar-refractivity contribution < 1.29 is 4.79 Å². The van der Waals surface area contributed by atoms with Crippen molar-refractivity contribution in [1.29, 1.82) is 0 Å². The van der Waals surface area contributed by atoms with Crippen molar-refractivity contribution in [3.8, 4) is 0 Å². The summed E-state index contributed by atoms with van der Waals surface area (Å²) in [5.74, 6) is 1.27. The summed E-state index contributed by atoms with van der Waals surface area (Å²) in [6, 6.07) is 12.2. The summed E-state index contributed by atoms with van der Waals surface area (Å²) in [7, 11) is 1.89. The summed E-state index contributed by atoms with van der Waals surface area (Å²) < 4.78 is 0. The van der Waals surface area contributed by atoms with E-state index in [1.165, 1.54) is 5.56 Å². The number of nitrogens with zero attached hydrogens (tertiary/aromatic N) is 4. The normalized spacial score (nSPS) is 24.4. The maximum Gasteiger partial charge on any atom is 0.317 e. The molecule has 2 fully saturated rings. The standard InChI is InChI=1S/C20H24ClN5O/c1-25(16-4-3-11-26(13-16)19-5-2-10-22-24-19)20(27)23-18-12-17(18)14-6-8-15(21)9-7-14/h2,5-10,16-18H,3-4,11-13H2,1H3,(H,23,27)/t16-,17-,18+/m1/s1. The fourth-order valence-corrected chi connectivity index (χ4v) is 3.93. The largest absolute Gasteiger partial charge is 0.353 e. The molecule has 0 radical (unpaired) electrons. The smallest absolute Gasteiger partial charge is 0.317 e. The molecule has 0 unspecified atom stereocenters. The monoisotopic (exact) mass is 385 g/mol. The average Bonchev–Trinajstić information content (AvgIpc) is 3.47. The van der Waals surface area contributed by atoms with E-state index in [2.05, 4.69) is 20.4 Å². The molecule has 1 aromatic carbocycles. The van der Waals surface area contributed by atoms with Crippen molar-refractivity contribution in [1.82, 2.24) is 20.4 Å². The highest BCUT2D eigenvalue weighted by Gasteiger charge is 2.40. The Morgan fingerprint density at radius 3 is 2.85 bits per heavy atom. The Morgan fingerprint density at radius 2 is 2.11 bits per heavy atom. The van der Waals surface area contributed by atoms with Gasteiger partial charge in [-0.1, -0.05) is 23.7 Å². The lowest BCUT2D eigenvalue weighted by atomic mass is 10.0. The minimum Gasteiger partial charge on any atom is -0.353 e. The van der Waals surface area contributed by atoms with Gasteiger partial charge in [-0.05, 0) is 49.1 Å². The third-order valence-electron chi connectivity index (χ3n) is 5.54. The van der Waals surface area contributed by atoms with Gasteiger partial charge in [0.1, 0.15) is 0 Å². The summed E-state index contributed by atoms with van der Waals surface area (Å²) in [5, 5.41) is 12.1. The fraction of sp³-hybridized carbons (Fsp3) is 0.450. The molecule has 2 heterocycles. The Bertz CT molecular complexity index is 785. The number of nitrogens with one attached hydrogen (secondary N) is 1.